The van der Waals surface area contributed by atoms with Crippen molar-refractivity contribution in [1.29, 1.82) is 0 Å². The first kappa shape index (κ1) is 13.7. The standard InChI is InChI=1S/C12H16O4S/c1-16-11-6-4-10(5-7-11)3-2-8-17(15)9-12(13)14/h4-7H,2-3,8-9H2,1H3,(H,13,14). The predicted molar refractivity (Wildman–Crippen MR) is 66.8 cm³/mol. The van der Waals surface area contributed by atoms with Crippen LogP contribution in [0.3, 0.4) is 0 Å². The van der Waals surface area contributed by atoms with Crippen LogP contribution in [0, 0.1) is 0 Å². The highest BCUT2D eigenvalue weighted by molar-refractivity contribution is 7.85. The quantitative estimate of drug-likeness (QED) is 0.802. The maximum absolute atomic E-state index is 11.3. The maximum Gasteiger partial charge on any atom is 0.316 e. The van der Waals surface area contributed by atoms with Crippen LogP contribution in [-0.2, 0) is 22.0 Å². The van der Waals surface area contributed by atoms with E-state index in [2.05, 4.69) is 0 Å². The van der Waals surface area contributed by atoms with Gasteiger partial charge in [-0.15, -0.1) is 0 Å². The molecule has 17 heavy (non-hydrogen) atoms. The predicted octanol–water partition coefficient (Wildman–Crippen LogP) is 1.46. The van der Waals surface area contributed by atoms with Gasteiger partial charge < -0.3 is 9.84 Å². The van der Waals surface area contributed by atoms with Crippen LogP contribution in [0.25, 0.3) is 0 Å². The van der Waals surface area contributed by atoms with E-state index in [0.717, 1.165) is 24.2 Å². The van der Waals surface area contributed by atoms with Gasteiger partial charge in [0.1, 0.15) is 11.5 Å². The lowest BCUT2D eigenvalue weighted by molar-refractivity contribution is -0.133. The van der Waals surface area contributed by atoms with E-state index in [9.17, 15) is 9.00 Å². The van der Waals surface area contributed by atoms with Crippen LogP contribution in [0.4, 0.5) is 0 Å². The van der Waals surface area contributed by atoms with Gasteiger partial charge in [-0.2, -0.15) is 0 Å². The van der Waals surface area contributed by atoms with E-state index >= 15 is 0 Å². The number of aryl methyl sites for hydroxylation is 1. The summed E-state index contributed by atoms with van der Waals surface area (Å²) in [5.74, 6) is -0.0306. The van der Waals surface area contributed by atoms with Gasteiger partial charge >= 0.3 is 5.97 Å². The van der Waals surface area contributed by atoms with Crippen molar-refractivity contribution in [3.05, 3.63) is 29.8 Å². The van der Waals surface area contributed by atoms with Gasteiger partial charge in [0.05, 0.1) is 7.11 Å². The molecule has 0 saturated carbocycles. The Hall–Kier alpha value is -1.36. The number of carboxylic acid groups (broad SMARTS) is 1. The van der Waals surface area contributed by atoms with Crippen LogP contribution < -0.4 is 4.74 Å². The highest BCUT2D eigenvalue weighted by Gasteiger charge is 2.05. The number of benzene rings is 1. The lowest BCUT2D eigenvalue weighted by atomic mass is 10.1. The van der Waals surface area contributed by atoms with Crippen LogP contribution >= 0.6 is 0 Å². The lowest BCUT2D eigenvalue weighted by Crippen LogP contribution is -2.12. The van der Waals surface area contributed by atoms with Crippen molar-refractivity contribution < 1.29 is 18.8 Å². The van der Waals surface area contributed by atoms with Crippen molar-refractivity contribution in [2.45, 2.75) is 12.8 Å². The number of hydrogen-bond acceptors (Lipinski definition) is 3. The molecule has 1 rings (SSSR count). The summed E-state index contributed by atoms with van der Waals surface area (Å²) < 4.78 is 16.3. The normalized spacial score (nSPS) is 12.1. The highest BCUT2D eigenvalue weighted by Crippen LogP contribution is 2.12. The van der Waals surface area contributed by atoms with E-state index in [4.69, 9.17) is 9.84 Å². The van der Waals surface area contributed by atoms with E-state index in [1.807, 2.05) is 24.3 Å². The van der Waals surface area contributed by atoms with E-state index in [-0.39, 0.29) is 5.75 Å². The second kappa shape index (κ2) is 7.06. The van der Waals surface area contributed by atoms with Gasteiger partial charge in [0.2, 0.25) is 0 Å². The molecule has 0 radical (unpaired) electrons. The van der Waals surface area contributed by atoms with Crippen LogP contribution in [0.1, 0.15) is 12.0 Å². The molecule has 94 valence electrons. The Morgan fingerprint density at radius 1 is 1.35 bits per heavy atom. The molecule has 0 heterocycles. The fourth-order valence-electron chi connectivity index (χ4n) is 1.44. The van der Waals surface area contributed by atoms with Crippen molar-refractivity contribution in [2.75, 3.05) is 18.6 Å². The number of ether oxygens (including phenoxy) is 1. The minimum Gasteiger partial charge on any atom is -0.497 e. The molecule has 1 N–H and O–H groups in total. The molecule has 1 atom stereocenters. The van der Waals surface area contributed by atoms with Crippen molar-refractivity contribution in [1.82, 2.24) is 0 Å². The van der Waals surface area contributed by atoms with E-state index < -0.39 is 16.8 Å². The minimum atomic E-state index is -1.25. The first-order valence-corrected chi connectivity index (χ1v) is 6.80. The third-order valence-corrected chi connectivity index (χ3v) is 3.59. The zero-order valence-electron chi connectivity index (χ0n) is 9.72. The average Bonchev–Trinajstić information content (AvgIpc) is 2.29. The molecule has 0 aliphatic heterocycles. The Balaban J connectivity index is 2.30. The van der Waals surface area contributed by atoms with Gasteiger partial charge in [-0.05, 0) is 30.5 Å². The molecule has 4 nitrogen and oxygen atoms in total. The molecule has 0 bridgehead atoms. The fraction of sp³-hybridized carbons (Fsp3) is 0.417. The molecule has 5 heteroatoms. The molecule has 0 saturated heterocycles. The largest absolute Gasteiger partial charge is 0.497 e. The molecule has 0 aliphatic carbocycles. The van der Waals surface area contributed by atoms with E-state index in [0.29, 0.717) is 5.75 Å². The summed E-state index contributed by atoms with van der Waals surface area (Å²) in [7, 11) is 0.361. The topological polar surface area (TPSA) is 63.6 Å². The summed E-state index contributed by atoms with van der Waals surface area (Å²) in [6.45, 7) is 0. The van der Waals surface area contributed by atoms with Gasteiger partial charge in [0.25, 0.3) is 0 Å². The monoisotopic (exact) mass is 256 g/mol. The first-order chi connectivity index (χ1) is 8.11. The van der Waals surface area contributed by atoms with Crippen LogP contribution in [0.15, 0.2) is 24.3 Å². The number of rotatable bonds is 7. The van der Waals surface area contributed by atoms with Crippen LogP contribution in [0.2, 0.25) is 0 Å². The van der Waals surface area contributed by atoms with Crippen LogP contribution in [-0.4, -0.2) is 33.9 Å². The third kappa shape index (κ3) is 5.49. The fourth-order valence-corrected chi connectivity index (χ4v) is 2.33. The molecule has 1 unspecified atom stereocenters. The molecule has 1 aromatic rings. The Kier molecular flexibility index (Phi) is 5.69. The van der Waals surface area contributed by atoms with Gasteiger partial charge in [0.15, 0.2) is 0 Å². The van der Waals surface area contributed by atoms with Crippen molar-refractivity contribution in [2.24, 2.45) is 0 Å². The van der Waals surface area contributed by atoms with Crippen LogP contribution in [0.5, 0.6) is 5.75 Å². The van der Waals surface area contributed by atoms with Crippen molar-refractivity contribution in [3.8, 4) is 5.75 Å². The highest BCUT2D eigenvalue weighted by atomic mass is 32.2. The Labute approximate surface area is 103 Å². The smallest absolute Gasteiger partial charge is 0.316 e. The maximum atomic E-state index is 11.3. The molecular formula is C12H16O4S. The van der Waals surface area contributed by atoms with Gasteiger partial charge in [-0.1, -0.05) is 12.1 Å². The number of carbonyl (C=O) groups is 1. The molecule has 0 spiro atoms. The van der Waals surface area contributed by atoms with Gasteiger partial charge in [-0.3, -0.25) is 9.00 Å². The molecule has 1 aromatic carbocycles. The zero-order chi connectivity index (χ0) is 12.7. The molecular weight excluding hydrogens is 240 g/mol. The second-order valence-electron chi connectivity index (χ2n) is 3.63. The number of carboxylic acids is 1. The summed E-state index contributed by atoms with van der Waals surface area (Å²) in [5, 5.41) is 8.45. The summed E-state index contributed by atoms with van der Waals surface area (Å²) >= 11 is 0. The van der Waals surface area contributed by atoms with Crippen molar-refractivity contribution >= 4 is 16.8 Å². The van der Waals surface area contributed by atoms with Gasteiger partial charge in [0, 0.05) is 16.6 Å². The first-order valence-electron chi connectivity index (χ1n) is 5.31. The number of aliphatic carboxylic acids is 1. The zero-order valence-corrected chi connectivity index (χ0v) is 10.5. The molecule has 0 amide bonds. The third-order valence-electron chi connectivity index (χ3n) is 2.28. The average molecular weight is 256 g/mol. The van der Waals surface area contributed by atoms with E-state index in [1.165, 1.54) is 0 Å². The second-order valence-corrected chi connectivity index (χ2v) is 5.21. The molecule has 0 fully saturated rings. The molecule has 0 aliphatic rings. The summed E-state index contributed by atoms with van der Waals surface area (Å²) in [4.78, 5) is 10.3. The molecule has 0 aromatic heterocycles. The summed E-state index contributed by atoms with van der Waals surface area (Å²) in [6, 6.07) is 7.67. The summed E-state index contributed by atoms with van der Waals surface area (Å²) in [6.07, 6.45) is 1.53. The Bertz CT molecular complexity index is 386. The van der Waals surface area contributed by atoms with Crippen molar-refractivity contribution in [3.63, 3.8) is 0 Å². The number of methoxy groups -OCH3 is 1. The minimum absolute atomic E-state index is 0.261. The lowest BCUT2D eigenvalue weighted by Gasteiger charge is -2.03. The van der Waals surface area contributed by atoms with E-state index in [1.54, 1.807) is 7.11 Å². The SMILES string of the molecule is COc1ccc(CCCS(=O)CC(=O)O)cc1. The summed E-state index contributed by atoms with van der Waals surface area (Å²) in [5.41, 5.74) is 1.14. The van der Waals surface area contributed by atoms with Gasteiger partial charge in [-0.25, -0.2) is 0 Å². The number of hydrogen-bond donors (Lipinski definition) is 1. The Morgan fingerprint density at radius 2 is 2.00 bits per heavy atom. The Morgan fingerprint density at radius 3 is 2.53 bits per heavy atom.